The van der Waals surface area contributed by atoms with Crippen molar-refractivity contribution in [1.29, 1.82) is 0 Å². The summed E-state index contributed by atoms with van der Waals surface area (Å²) in [6.45, 7) is 1.88. The van der Waals surface area contributed by atoms with Crippen molar-refractivity contribution in [3.8, 4) is 0 Å². The summed E-state index contributed by atoms with van der Waals surface area (Å²) in [6, 6.07) is 3.59. The van der Waals surface area contributed by atoms with Crippen LogP contribution in [0.2, 0.25) is 10.0 Å². The zero-order chi connectivity index (χ0) is 10.3. The molecule has 0 radical (unpaired) electrons. The van der Waals surface area contributed by atoms with Crippen molar-refractivity contribution in [2.75, 3.05) is 0 Å². The monoisotopic (exact) mass is 265 g/mol. The third kappa shape index (κ3) is 1.72. The van der Waals surface area contributed by atoms with Gasteiger partial charge >= 0.3 is 0 Å². The molecule has 1 unspecified atom stereocenters. The summed E-state index contributed by atoms with van der Waals surface area (Å²) in [6.07, 6.45) is 0. The lowest BCUT2D eigenvalue weighted by Gasteiger charge is -1.93. The number of halogens is 3. The summed E-state index contributed by atoms with van der Waals surface area (Å²) in [5, 5.41) is 1.88. The van der Waals surface area contributed by atoms with Gasteiger partial charge in [-0.05, 0) is 19.1 Å². The Morgan fingerprint density at radius 3 is 2.71 bits per heavy atom. The van der Waals surface area contributed by atoms with Crippen LogP contribution in [0.5, 0.6) is 0 Å². The Labute approximate surface area is 101 Å². The molecule has 0 N–H and O–H groups in total. The van der Waals surface area contributed by atoms with E-state index in [0.717, 1.165) is 15.2 Å². The summed E-state index contributed by atoms with van der Waals surface area (Å²) >= 11 is 19.4. The topological polar surface area (TPSA) is 12.9 Å². The maximum absolute atomic E-state index is 6.04. The van der Waals surface area contributed by atoms with E-state index in [1.165, 1.54) is 11.3 Å². The van der Waals surface area contributed by atoms with Gasteiger partial charge in [-0.2, -0.15) is 0 Å². The molecule has 0 saturated carbocycles. The summed E-state index contributed by atoms with van der Waals surface area (Å²) < 4.78 is 0.904. The van der Waals surface area contributed by atoms with Gasteiger partial charge in [-0.25, -0.2) is 4.98 Å². The smallest absolute Gasteiger partial charge is 0.112 e. The molecule has 0 aliphatic carbocycles. The van der Waals surface area contributed by atoms with E-state index in [1.54, 1.807) is 6.07 Å². The average molecular weight is 267 g/mol. The highest BCUT2D eigenvalue weighted by Crippen LogP contribution is 2.37. The predicted molar refractivity (Wildman–Crippen MR) is 63.9 cm³/mol. The van der Waals surface area contributed by atoms with Crippen LogP contribution in [0.4, 0.5) is 0 Å². The van der Waals surface area contributed by atoms with E-state index in [-0.39, 0.29) is 5.38 Å². The minimum Gasteiger partial charge on any atom is -0.240 e. The van der Waals surface area contributed by atoms with Gasteiger partial charge in [0.15, 0.2) is 0 Å². The molecular formula is C9H6Cl3NS. The van der Waals surface area contributed by atoms with Crippen LogP contribution < -0.4 is 0 Å². The van der Waals surface area contributed by atoms with Crippen molar-refractivity contribution in [3.63, 3.8) is 0 Å². The Kier molecular flexibility index (Phi) is 2.89. The highest BCUT2D eigenvalue weighted by molar-refractivity contribution is 7.19. The molecule has 0 aliphatic rings. The molecule has 0 amide bonds. The van der Waals surface area contributed by atoms with Crippen molar-refractivity contribution in [1.82, 2.24) is 4.98 Å². The van der Waals surface area contributed by atoms with Crippen LogP contribution in [0, 0.1) is 0 Å². The van der Waals surface area contributed by atoms with Crippen LogP contribution in [0.3, 0.4) is 0 Å². The molecule has 0 spiro atoms. The van der Waals surface area contributed by atoms with E-state index in [0.29, 0.717) is 10.0 Å². The second-order valence-corrected chi connectivity index (χ2v) is 5.35. The fourth-order valence-corrected chi connectivity index (χ4v) is 2.73. The summed E-state index contributed by atoms with van der Waals surface area (Å²) in [7, 11) is 0. The van der Waals surface area contributed by atoms with Gasteiger partial charge in [0.2, 0.25) is 0 Å². The maximum Gasteiger partial charge on any atom is 0.112 e. The number of aromatic nitrogens is 1. The van der Waals surface area contributed by atoms with Crippen molar-refractivity contribution >= 4 is 56.4 Å². The third-order valence-corrected chi connectivity index (χ3v) is 4.33. The molecular weight excluding hydrogens is 261 g/mol. The lowest BCUT2D eigenvalue weighted by atomic mass is 10.3. The van der Waals surface area contributed by atoms with Gasteiger partial charge in [0, 0.05) is 0 Å². The lowest BCUT2D eigenvalue weighted by molar-refractivity contribution is 1.06. The van der Waals surface area contributed by atoms with Gasteiger partial charge in [0.05, 0.1) is 25.6 Å². The number of rotatable bonds is 1. The van der Waals surface area contributed by atoms with Gasteiger partial charge in [-0.3, -0.25) is 0 Å². The fraction of sp³-hybridized carbons (Fsp3) is 0.222. The normalized spacial score (nSPS) is 13.4. The summed E-state index contributed by atoms with van der Waals surface area (Å²) in [4.78, 5) is 4.36. The number of fused-ring (bicyclic) bond motifs is 1. The van der Waals surface area contributed by atoms with E-state index < -0.39 is 0 Å². The van der Waals surface area contributed by atoms with Crippen molar-refractivity contribution in [3.05, 3.63) is 27.2 Å². The average Bonchev–Trinajstić information content (AvgIpc) is 2.56. The standard InChI is InChI=1S/C9H6Cl3NS/c1-4(10)9-13-6-3-2-5(11)7(12)8(6)14-9/h2-4H,1H3. The molecule has 2 rings (SSSR count). The Hall–Kier alpha value is -0.0200. The second-order valence-electron chi connectivity index (χ2n) is 2.88. The van der Waals surface area contributed by atoms with Crippen molar-refractivity contribution in [2.45, 2.75) is 12.3 Å². The molecule has 0 aliphatic heterocycles. The van der Waals surface area contributed by atoms with Crippen molar-refractivity contribution in [2.24, 2.45) is 0 Å². The molecule has 74 valence electrons. The van der Waals surface area contributed by atoms with Crippen LogP contribution in [0.15, 0.2) is 12.1 Å². The van der Waals surface area contributed by atoms with Crippen LogP contribution in [-0.4, -0.2) is 4.98 Å². The lowest BCUT2D eigenvalue weighted by Crippen LogP contribution is -1.79. The predicted octanol–water partition coefficient (Wildman–Crippen LogP) is 4.90. The molecule has 14 heavy (non-hydrogen) atoms. The quantitative estimate of drug-likeness (QED) is 0.669. The largest absolute Gasteiger partial charge is 0.240 e. The zero-order valence-corrected chi connectivity index (χ0v) is 10.3. The maximum atomic E-state index is 6.04. The van der Waals surface area contributed by atoms with Gasteiger partial charge < -0.3 is 0 Å². The minimum atomic E-state index is -0.0951. The number of hydrogen-bond donors (Lipinski definition) is 0. The van der Waals surface area contributed by atoms with E-state index >= 15 is 0 Å². The van der Waals surface area contributed by atoms with Crippen LogP contribution in [0.25, 0.3) is 10.2 Å². The van der Waals surface area contributed by atoms with Gasteiger partial charge in [-0.1, -0.05) is 23.2 Å². The van der Waals surface area contributed by atoms with Crippen LogP contribution in [0.1, 0.15) is 17.3 Å². The molecule has 0 bridgehead atoms. The highest BCUT2D eigenvalue weighted by Gasteiger charge is 2.12. The van der Waals surface area contributed by atoms with Gasteiger partial charge in [-0.15, -0.1) is 22.9 Å². The number of alkyl halides is 1. The Morgan fingerprint density at radius 1 is 1.36 bits per heavy atom. The molecule has 1 heterocycles. The number of benzene rings is 1. The molecule has 0 fully saturated rings. The third-order valence-electron chi connectivity index (χ3n) is 1.81. The zero-order valence-electron chi connectivity index (χ0n) is 7.22. The van der Waals surface area contributed by atoms with E-state index in [2.05, 4.69) is 4.98 Å². The second kappa shape index (κ2) is 3.86. The number of hydrogen-bond acceptors (Lipinski definition) is 2. The van der Waals surface area contributed by atoms with Crippen LogP contribution >= 0.6 is 46.1 Å². The molecule has 1 nitrogen and oxygen atoms in total. The van der Waals surface area contributed by atoms with Crippen molar-refractivity contribution < 1.29 is 0 Å². The molecule has 1 atom stereocenters. The van der Waals surface area contributed by atoms with Gasteiger partial charge in [0.1, 0.15) is 5.01 Å². The fourth-order valence-electron chi connectivity index (χ4n) is 1.12. The molecule has 5 heteroatoms. The molecule has 1 aromatic carbocycles. The van der Waals surface area contributed by atoms with E-state index in [9.17, 15) is 0 Å². The first-order valence-electron chi connectivity index (χ1n) is 3.98. The Morgan fingerprint density at radius 2 is 2.07 bits per heavy atom. The first-order chi connectivity index (χ1) is 6.59. The number of thiazole rings is 1. The van der Waals surface area contributed by atoms with E-state index in [1.807, 2.05) is 13.0 Å². The SMILES string of the molecule is CC(Cl)c1nc2ccc(Cl)c(Cl)c2s1. The molecule has 1 aromatic heterocycles. The summed E-state index contributed by atoms with van der Waals surface area (Å²) in [5.41, 5.74) is 0.854. The van der Waals surface area contributed by atoms with E-state index in [4.69, 9.17) is 34.8 Å². The highest BCUT2D eigenvalue weighted by atomic mass is 35.5. The summed E-state index contributed by atoms with van der Waals surface area (Å²) in [5.74, 6) is 0. The molecule has 2 aromatic rings. The van der Waals surface area contributed by atoms with Gasteiger partial charge in [0.25, 0.3) is 0 Å². The Bertz CT molecular complexity index is 478. The number of nitrogens with zero attached hydrogens (tertiary/aromatic N) is 1. The molecule has 0 saturated heterocycles. The Balaban J connectivity index is 2.71. The van der Waals surface area contributed by atoms with Crippen LogP contribution in [-0.2, 0) is 0 Å². The first kappa shape index (κ1) is 10.5. The first-order valence-corrected chi connectivity index (χ1v) is 5.99. The minimum absolute atomic E-state index is 0.0951.